The second kappa shape index (κ2) is 8.41. The minimum atomic E-state index is -4.75. The monoisotopic (exact) mass is 555 g/mol. The summed E-state index contributed by atoms with van der Waals surface area (Å²) >= 11 is 0. The molecule has 1 spiro atoms. The number of benzene rings is 1. The minimum Gasteiger partial charge on any atom is -0.380 e. The lowest BCUT2D eigenvalue weighted by molar-refractivity contribution is -0.268. The number of amides is 1. The van der Waals surface area contributed by atoms with Gasteiger partial charge in [0.2, 0.25) is 5.82 Å². The zero-order chi connectivity index (χ0) is 27.9. The van der Waals surface area contributed by atoms with Crippen LogP contribution in [0.2, 0.25) is 0 Å². The van der Waals surface area contributed by atoms with Crippen molar-refractivity contribution in [3.8, 4) is 11.4 Å². The smallest absolute Gasteiger partial charge is 0.380 e. The number of aliphatic hydroxyl groups is 1. The standard InChI is InChI=1S/C26H24F3N7O4/c1-15-2-3-16(21-32-23(40-33-21)35-11-25(38,12-35)26(27,28)29)6-19(15)31-22(37)18-8-30-36-5-4-17(7-20(18)36)34-9-24(10-34)13-39-14-24/h2-8,38H,9-14H2,1H3,(H,31,37). The van der Waals surface area contributed by atoms with E-state index in [2.05, 4.69) is 25.5 Å². The first-order valence-corrected chi connectivity index (χ1v) is 12.6. The van der Waals surface area contributed by atoms with E-state index in [1.165, 1.54) is 6.20 Å². The van der Waals surface area contributed by atoms with Crippen LogP contribution in [0.3, 0.4) is 0 Å². The number of aromatic nitrogens is 4. The Labute approximate surface area is 225 Å². The van der Waals surface area contributed by atoms with Crippen molar-refractivity contribution < 1.29 is 32.3 Å². The van der Waals surface area contributed by atoms with E-state index >= 15 is 0 Å². The van der Waals surface area contributed by atoms with Gasteiger partial charge in [-0.1, -0.05) is 17.3 Å². The number of rotatable bonds is 5. The average molecular weight is 556 g/mol. The molecular weight excluding hydrogens is 531 g/mol. The first kappa shape index (κ1) is 24.8. The Kier molecular flexibility index (Phi) is 5.23. The van der Waals surface area contributed by atoms with Crippen LogP contribution in [0.15, 0.2) is 47.2 Å². The SMILES string of the molecule is Cc1ccc(-c2noc(N3CC(O)(C(F)(F)F)C3)n2)cc1NC(=O)c1cnn2ccc(N3CC4(COC4)C3)cc12. The van der Waals surface area contributed by atoms with Gasteiger partial charge in [0.05, 0.1) is 49.0 Å². The van der Waals surface area contributed by atoms with Crippen LogP contribution >= 0.6 is 0 Å². The molecule has 3 aliphatic rings. The van der Waals surface area contributed by atoms with Gasteiger partial charge in [0.25, 0.3) is 5.91 Å². The fraction of sp³-hybridized carbons (Fsp3) is 0.385. The van der Waals surface area contributed by atoms with Crippen molar-refractivity contribution in [2.45, 2.75) is 18.7 Å². The van der Waals surface area contributed by atoms with Crippen molar-refractivity contribution in [1.29, 1.82) is 0 Å². The first-order chi connectivity index (χ1) is 19.0. The summed E-state index contributed by atoms with van der Waals surface area (Å²) in [6.45, 7) is 3.86. The number of ether oxygens (including phenoxy) is 1. The number of β-amino-alcohol motifs (C(OH)–C–C–N with tert-alkyl or cyclic N) is 1. The molecule has 1 aromatic carbocycles. The van der Waals surface area contributed by atoms with Crippen LogP contribution < -0.4 is 15.1 Å². The number of hydrogen-bond acceptors (Lipinski definition) is 9. The molecule has 3 fully saturated rings. The van der Waals surface area contributed by atoms with Crippen LogP contribution in [0, 0.1) is 12.3 Å². The molecule has 7 rings (SSSR count). The summed E-state index contributed by atoms with van der Waals surface area (Å²) in [5.74, 6) is -0.210. The predicted octanol–water partition coefficient (Wildman–Crippen LogP) is 2.90. The normalized spacial score (nSPS) is 19.3. The Morgan fingerprint density at radius 3 is 2.58 bits per heavy atom. The number of alkyl halides is 3. The third-order valence-corrected chi connectivity index (χ3v) is 7.85. The van der Waals surface area contributed by atoms with Crippen molar-refractivity contribution >= 4 is 28.8 Å². The van der Waals surface area contributed by atoms with Gasteiger partial charge in [0.15, 0.2) is 5.60 Å². The van der Waals surface area contributed by atoms with Gasteiger partial charge in [-0.25, -0.2) is 4.52 Å². The second-order valence-electron chi connectivity index (χ2n) is 10.9. The lowest BCUT2D eigenvalue weighted by Crippen LogP contribution is -2.69. The van der Waals surface area contributed by atoms with Crippen molar-refractivity contribution in [2.24, 2.45) is 5.41 Å². The molecule has 2 N–H and O–H groups in total. The van der Waals surface area contributed by atoms with Gasteiger partial charge >= 0.3 is 12.2 Å². The summed E-state index contributed by atoms with van der Waals surface area (Å²) in [6, 6.07) is 8.96. The number of hydrogen-bond donors (Lipinski definition) is 2. The Morgan fingerprint density at radius 2 is 1.88 bits per heavy atom. The molecule has 208 valence electrons. The molecule has 4 aromatic rings. The van der Waals surface area contributed by atoms with Gasteiger partial charge in [-0.3, -0.25) is 4.79 Å². The van der Waals surface area contributed by atoms with Crippen molar-refractivity contribution in [3.63, 3.8) is 0 Å². The van der Waals surface area contributed by atoms with E-state index in [1.54, 1.807) is 22.7 Å². The van der Waals surface area contributed by atoms with Crippen LogP contribution in [-0.2, 0) is 4.74 Å². The molecule has 14 heteroatoms. The van der Waals surface area contributed by atoms with Crippen LogP contribution in [-0.4, -0.2) is 81.9 Å². The third-order valence-electron chi connectivity index (χ3n) is 7.85. The van der Waals surface area contributed by atoms with Crippen LogP contribution in [0.25, 0.3) is 16.9 Å². The van der Waals surface area contributed by atoms with E-state index in [1.807, 2.05) is 25.3 Å². The Balaban J connectivity index is 1.08. The summed E-state index contributed by atoms with van der Waals surface area (Å²) in [5, 5.41) is 20.8. The molecule has 0 saturated carbocycles. The third kappa shape index (κ3) is 3.89. The number of anilines is 3. The predicted molar refractivity (Wildman–Crippen MR) is 136 cm³/mol. The molecule has 0 atom stereocenters. The molecule has 40 heavy (non-hydrogen) atoms. The molecule has 3 aliphatic heterocycles. The van der Waals surface area contributed by atoms with E-state index in [4.69, 9.17) is 9.26 Å². The Hall–Kier alpha value is -4.17. The molecule has 1 amide bonds. The van der Waals surface area contributed by atoms with E-state index < -0.39 is 24.9 Å². The van der Waals surface area contributed by atoms with Crippen molar-refractivity contribution in [2.75, 3.05) is 54.5 Å². The molecule has 0 radical (unpaired) electrons. The maximum Gasteiger partial charge on any atom is 0.420 e. The van der Waals surface area contributed by atoms with Gasteiger partial charge in [0, 0.05) is 36.2 Å². The highest BCUT2D eigenvalue weighted by Gasteiger charge is 2.62. The maximum absolute atomic E-state index is 13.3. The molecule has 3 saturated heterocycles. The number of halogens is 3. The largest absolute Gasteiger partial charge is 0.420 e. The fourth-order valence-corrected chi connectivity index (χ4v) is 5.31. The molecule has 0 aliphatic carbocycles. The van der Waals surface area contributed by atoms with E-state index in [9.17, 15) is 23.1 Å². The molecule has 3 aromatic heterocycles. The molecule has 0 unspecified atom stereocenters. The van der Waals surface area contributed by atoms with Crippen molar-refractivity contribution in [1.82, 2.24) is 19.8 Å². The van der Waals surface area contributed by atoms with E-state index in [-0.39, 0.29) is 23.2 Å². The van der Waals surface area contributed by atoms with Crippen LogP contribution in [0.5, 0.6) is 0 Å². The van der Waals surface area contributed by atoms with Gasteiger partial charge in [-0.05, 0) is 30.7 Å². The molecule has 0 bridgehead atoms. The average Bonchev–Trinajstić information content (AvgIpc) is 3.48. The molecular formula is C26H24F3N7O4. The van der Waals surface area contributed by atoms with Crippen molar-refractivity contribution in [3.05, 3.63) is 53.9 Å². The summed E-state index contributed by atoms with van der Waals surface area (Å²) in [6.07, 6.45) is -1.40. The lowest BCUT2D eigenvalue weighted by atomic mass is 9.78. The zero-order valence-corrected chi connectivity index (χ0v) is 21.3. The van der Waals surface area contributed by atoms with Crippen LogP contribution in [0.4, 0.5) is 30.6 Å². The summed E-state index contributed by atoms with van der Waals surface area (Å²) in [5.41, 5.74) is 1.34. The maximum atomic E-state index is 13.3. The summed E-state index contributed by atoms with van der Waals surface area (Å²) in [4.78, 5) is 20.9. The van der Waals surface area contributed by atoms with E-state index in [0.717, 1.165) is 42.5 Å². The topological polar surface area (TPSA) is 121 Å². The minimum absolute atomic E-state index is 0.129. The second-order valence-corrected chi connectivity index (χ2v) is 10.9. The number of fused-ring (bicyclic) bond motifs is 1. The van der Waals surface area contributed by atoms with Gasteiger partial charge in [0.1, 0.15) is 0 Å². The lowest BCUT2D eigenvalue weighted by Gasteiger charge is -2.56. The van der Waals surface area contributed by atoms with Gasteiger partial charge in [-0.2, -0.15) is 23.3 Å². The highest BCUT2D eigenvalue weighted by Crippen LogP contribution is 2.41. The van der Waals surface area contributed by atoms with Gasteiger partial charge in [-0.15, -0.1) is 0 Å². The zero-order valence-electron chi connectivity index (χ0n) is 21.3. The highest BCUT2D eigenvalue weighted by atomic mass is 19.4. The van der Waals surface area contributed by atoms with E-state index in [0.29, 0.717) is 22.3 Å². The molecule has 6 heterocycles. The first-order valence-electron chi connectivity index (χ1n) is 12.6. The number of pyridine rings is 1. The number of nitrogens with zero attached hydrogens (tertiary/aromatic N) is 6. The molecule has 11 nitrogen and oxygen atoms in total. The number of carbonyl (C=O) groups excluding carboxylic acids is 1. The van der Waals surface area contributed by atoms with Gasteiger partial charge < -0.3 is 29.5 Å². The fourth-order valence-electron chi connectivity index (χ4n) is 5.31. The summed E-state index contributed by atoms with van der Waals surface area (Å²) in [7, 11) is 0. The Bertz CT molecular complexity index is 1630. The quantitative estimate of drug-likeness (QED) is 0.383. The number of nitrogens with one attached hydrogen (secondary N) is 1. The number of carbonyl (C=O) groups is 1. The highest BCUT2D eigenvalue weighted by molar-refractivity contribution is 6.09. The number of aryl methyl sites for hydroxylation is 1. The Morgan fingerprint density at radius 1 is 1.10 bits per heavy atom. The van der Waals surface area contributed by atoms with Crippen LogP contribution in [0.1, 0.15) is 15.9 Å². The summed E-state index contributed by atoms with van der Waals surface area (Å²) < 4.78 is 51.0.